The quantitative estimate of drug-likeness (QED) is 0.500. The molecule has 1 aromatic heterocycles. The van der Waals surface area contributed by atoms with E-state index in [-0.39, 0.29) is 6.61 Å². The van der Waals surface area contributed by atoms with Gasteiger partial charge in [0.2, 0.25) is 0 Å². The average molecular weight is 348 g/mol. The lowest BCUT2D eigenvalue weighted by Gasteiger charge is -2.21. The van der Waals surface area contributed by atoms with E-state index in [1.165, 1.54) is 21.6 Å². The summed E-state index contributed by atoms with van der Waals surface area (Å²) in [5, 5.41) is 19.2. The first-order valence-corrected chi connectivity index (χ1v) is 9.42. The summed E-state index contributed by atoms with van der Waals surface area (Å²) in [7, 11) is 3.02. The molecular weight excluding hydrogens is 328 g/mol. The van der Waals surface area contributed by atoms with Gasteiger partial charge in [0.15, 0.2) is 6.23 Å². The van der Waals surface area contributed by atoms with Gasteiger partial charge in [-0.2, -0.15) is 0 Å². The van der Waals surface area contributed by atoms with Crippen LogP contribution in [0.3, 0.4) is 0 Å². The van der Waals surface area contributed by atoms with Crippen molar-refractivity contribution in [3.8, 4) is 0 Å². The summed E-state index contributed by atoms with van der Waals surface area (Å²) in [5.74, 6) is 0.907. The fraction of sp³-hybridized carbons (Fsp3) is 0.692. The largest absolute Gasteiger partial charge is 0.394 e. The predicted octanol–water partition coefficient (Wildman–Crippen LogP) is 0.256. The first-order chi connectivity index (χ1) is 10.5. The molecule has 0 radical (unpaired) electrons. The van der Waals surface area contributed by atoms with Crippen LogP contribution in [0.15, 0.2) is 15.8 Å². The highest BCUT2D eigenvalue weighted by atomic mass is 33.1. The van der Waals surface area contributed by atoms with Gasteiger partial charge < -0.3 is 14.9 Å². The van der Waals surface area contributed by atoms with Crippen molar-refractivity contribution < 1.29 is 14.9 Å². The van der Waals surface area contributed by atoms with Crippen LogP contribution < -0.4 is 11.2 Å². The molecule has 22 heavy (non-hydrogen) atoms. The first kappa shape index (κ1) is 17.6. The zero-order chi connectivity index (χ0) is 16.3. The number of H-pyrrole nitrogens is 1. The van der Waals surface area contributed by atoms with Gasteiger partial charge >= 0.3 is 5.69 Å². The van der Waals surface area contributed by atoms with Gasteiger partial charge in [0.25, 0.3) is 5.56 Å². The molecule has 1 aliphatic rings. The van der Waals surface area contributed by atoms with E-state index in [1.54, 1.807) is 17.7 Å². The van der Waals surface area contributed by atoms with Crippen molar-refractivity contribution in [2.75, 3.05) is 12.4 Å². The van der Waals surface area contributed by atoms with E-state index in [1.807, 2.05) is 0 Å². The summed E-state index contributed by atoms with van der Waals surface area (Å²) < 4.78 is 6.91. The molecule has 2 unspecified atom stereocenters. The molecule has 0 aromatic carbocycles. The van der Waals surface area contributed by atoms with E-state index in [2.05, 4.69) is 11.9 Å². The van der Waals surface area contributed by atoms with Crippen molar-refractivity contribution in [3.05, 3.63) is 32.6 Å². The molecule has 0 saturated carbocycles. The highest BCUT2D eigenvalue weighted by Gasteiger charge is 2.45. The highest BCUT2D eigenvalue weighted by molar-refractivity contribution is 8.77. The van der Waals surface area contributed by atoms with Gasteiger partial charge in [-0.3, -0.25) is 14.3 Å². The third kappa shape index (κ3) is 3.60. The minimum Gasteiger partial charge on any atom is -0.394 e. The lowest BCUT2D eigenvalue weighted by molar-refractivity contribution is -0.0457. The monoisotopic (exact) mass is 348 g/mol. The van der Waals surface area contributed by atoms with Crippen LogP contribution in [-0.4, -0.2) is 49.6 Å². The van der Waals surface area contributed by atoms with Crippen molar-refractivity contribution in [3.63, 3.8) is 0 Å². The Labute approximate surface area is 135 Å². The summed E-state index contributed by atoms with van der Waals surface area (Å²) in [6.45, 7) is 3.32. The topological polar surface area (TPSA) is 105 Å². The van der Waals surface area contributed by atoms with E-state index in [0.717, 1.165) is 12.2 Å². The number of rotatable bonds is 6. The van der Waals surface area contributed by atoms with Gasteiger partial charge in [-0.1, -0.05) is 28.5 Å². The summed E-state index contributed by atoms with van der Waals surface area (Å²) in [6.07, 6.45) is 0.0562. The van der Waals surface area contributed by atoms with Crippen molar-refractivity contribution >= 4 is 21.6 Å². The number of aromatic amines is 1. The van der Waals surface area contributed by atoms with Crippen molar-refractivity contribution in [1.82, 2.24) is 9.55 Å². The number of aliphatic hydroxyl groups excluding tert-OH is 2. The second-order valence-corrected chi connectivity index (χ2v) is 7.76. The lowest BCUT2D eigenvalue weighted by atomic mass is 10.2. The molecule has 0 aliphatic carbocycles. The minimum atomic E-state index is -0.886. The average Bonchev–Trinajstić information content (AvgIpc) is 2.80. The zero-order valence-corrected chi connectivity index (χ0v) is 14.0. The van der Waals surface area contributed by atoms with E-state index in [9.17, 15) is 19.8 Å². The van der Waals surface area contributed by atoms with Crippen LogP contribution in [0.4, 0.5) is 0 Å². The molecule has 2 heterocycles. The molecule has 4 atom stereocenters. The number of nitrogens with zero attached hydrogens (tertiary/aromatic N) is 1. The zero-order valence-electron chi connectivity index (χ0n) is 12.4. The van der Waals surface area contributed by atoms with Gasteiger partial charge in [0, 0.05) is 17.5 Å². The number of aryl methyl sites for hydroxylation is 1. The van der Waals surface area contributed by atoms with Crippen LogP contribution in [-0.2, 0) is 4.74 Å². The number of hydrogen-bond donors (Lipinski definition) is 3. The molecule has 1 aliphatic heterocycles. The van der Waals surface area contributed by atoms with E-state index in [4.69, 9.17) is 4.74 Å². The Bertz CT molecular complexity index is 617. The maximum atomic E-state index is 12.0. The summed E-state index contributed by atoms with van der Waals surface area (Å²) in [6, 6.07) is 0. The Morgan fingerprint density at radius 3 is 2.82 bits per heavy atom. The van der Waals surface area contributed by atoms with Crippen molar-refractivity contribution in [1.29, 1.82) is 0 Å². The smallest absolute Gasteiger partial charge is 0.330 e. The number of ether oxygens (including phenoxy) is 1. The maximum Gasteiger partial charge on any atom is 0.330 e. The second-order valence-electron chi connectivity index (χ2n) is 5.10. The highest BCUT2D eigenvalue weighted by Crippen LogP contribution is 2.42. The molecule has 0 amide bonds. The van der Waals surface area contributed by atoms with Gasteiger partial charge in [-0.05, 0) is 13.3 Å². The molecule has 7 nitrogen and oxygen atoms in total. The SMILES string of the molecule is CCCSSC1C(O)[C@@H](CO)O[C@H]1n1cc(C)c(=O)[nH]c1=O. The molecule has 0 spiro atoms. The van der Waals surface area contributed by atoms with Gasteiger partial charge in [0.05, 0.1) is 18.0 Å². The van der Waals surface area contributed by atoms with Crippen LogP contribution >= 0.6 is 21.6 Å². The fourth-order valence-corrected chi connectivity index (χ4v) is 5.07. The Balaban J connectivity index is 2.31. The molecule has 1 fully saturated rings. The summed E-state index contributed by atoms with van der Waals surface area (Å²) >= 11 is 0. The Kier molecular flexibility index (Phi) is 6.16. The van der Waals surface area contributed by atoms with Crippen LogP contribution in [0.5, 0.6) is 0 Å². The third-order valence-electron chi connectivity index (χ3n) is 3.38. The molecule has 1 aromatic rings. The number of hydrogen-bond acceptors (Lipinski definition) is 7. The molecule has 0 bridgehead atoms. The van der Waals surface area contributed by atoms with Crippen LogP contribution in [0.2, 0.25) is 0 Å². The number of nitrogens with one attached hydrogen (secondary N) is 1. The summed E-state index contributed by atoms with van der Waals surface area (Å²) in [4.78, 5) is 25.7. The first-order valence-electron chi connectivity index (χ1n) is 7.04. The Morgan fingerprint density at radius 1 is 1.45 bits per heavy atom. The van der Waals surface area contributed by atoms with Gasteiger partial charge in [-0.25, -0.2) is 4.79 Å². The van der Waals surface area contributed by atoms with Crippen LogP contribution in [0.1, 0.15) is 25.1 Å². The lowest BCUT2D eigenvalue weighted by Crippen LogP contribution is -2.37. The predicted molar refractivity (Wildman–Crippen MR) is 87.2 cm³/mol. The number of aromatic nitrogens is 2. The van der Waals surface area contributed by atoms with Crippen molar-refractivity contribution in [2.24, 2.45) is 0 Å². The van der Waals surface area contributed by atoms with E-state index >= 15 is 0 Å². The molecule has 1 saturated heterocycles. The maximum absolute atomic E-state index is 12.0. The second kappa shape index (κ2) is 7.69. The van der Waals surface area contributed by atoms with Gasteiger partial charge in [0.1, 0.15) is 6.10 Å². The fourth-order valence-electron chi connectivity index (χ4n) is 2.18. The Morgan fingerprint density at radius 2 is 2.18 bits per heavy atom. The van der Waals surface area contributed by atoms with E-state index < -0.39 is 34.9 Å². The molecule has 9 heteroatoms. The third-order valence-corrected chi connectivity index (χ3v) is 6.40. The van der Waals surface area contributed by atoms with Gasteiger partial charge in [-0.15, -0.1) is 0 Å². The number of aliphatic hydroxyl groups is 2. The summed E-state index contributed by atoms with van der Waals surface area (Å²) in [5.41, 5.74) is -0.643. The normalized spacial score (nSPS) is 28.2. The van der Waals surface area contributed by atoms with Crippen LogP contribution in [0, 0.1) is 6.92 Å². The minimum absolute atomic E-state index is 0.329. The molecular formula is C13H20N2O5S2. The van der Waals surface area contributed by atoms with Crippen molar-refractivity contribution in [2.45, 2.75) is 44.0 Å². The Hall–Kier alpha value is -0.740. The molecule has 3 N–H and O–H groups in total. The molecule has 2 rings (SSSR count). The standard InChI is InChI=1S/C13H20N2O5S2/c1-3-4-21-22-10-9(17)8(6-16)20-12(10)15-5-7(2)11(18)14-13(15)19/h5,8-10,12,16-17H,3-4,6H2,1-2H3,(H,14,18,19)/t8-,9?,10?,12-/m1/s1. The van der Waals surface area contributed by atoms with E-state index in [0.29, 0.717) is 5.56 Å². The molecule has 124 valence electrons. The van der Waals surface area contributed by atoms with Crippen LogP contribution in [0.25, 0.3) is 0 Å².